The molecular weight excluding hydrogens is 409 g/mol. The van der Waals surface area contributed by atoms with Crippen molar-refractivity contribution < 1.29 is 0 Å². The van der Waals surface area contributed by atoms with Gasteiger partial charge in [0.2, 0.25) is 0 Å². The topological polar surface area (TPSA) is 62.7 Å². The van der Waals surface area contributed by atoms with E-state index in [9.17, 15) is 5.26 Å². The van der Waals surface area contributed by atoms with Crippen molar-refractivity contribution in [3.8, 4) is 28.5 Å². The van der Waals surface area contributed by atoms with Crippen LogP contribution in [0.5, 0.6) is 0 Å². The Hall–Kier alpha value is -2.06. The maximum Gasteiger partial charge on any atom is 0.142 e. The molecule has 3 aromatic rings. The predicted molar refractivity (Wildman–Crippen MR) is 102 cm³/mol. The fourth-order valence-electron chi connectivity index (χ4n) is 2.37. The van der Waals surface area contributed by atoms with E-state index in [1.165, 1.54) is 0 Å². The molecule has 2 N–H and O–H groups in total. The number of nitrogens with two attached hydrogens (primary N) is 1. The minimum atomic E-state index is 0.156. The number of hydrogen-bond donors (Lipinski definition) is 1. The lowest BCUT2D eigenvalue weighted by Gasteiger charge is -2.11. The molecule has 0 fully saturated rings. The fourth-order valence-corrected chi connectivity index (χ4v) is 3.02. The molecule has 0 unspecified atom stereocenters. The number of aromatic nitrogens is 1. The minimum absolute atomic E-state index is 0.156. The maximum atomic E-state index is 9.45. The molecule has 0 aliphatic carbocycles. The standard InChI is InChI=1S/C18H10BrCl2N3/c19-11-3-1-10(2-4-11)13-8-17(24-18(23)15(13)9-22)14-7-12(20)5-6-16(14)21/h1-8H,(H2,23,24). The van der Waals surface area contributed by atoms with E-state index in [0.29, 0.717) is 32.4 Å². The second-order valence-electron chi connectivity index (χ2n) is 5.06. The molecule has 3 rings (SSSR count). The lowest BCUT2D eigenvalue weighted by molar-refractivity contribution is 1.31. The first kappa shape index (κ1) is 16.8. The zero-order valence-corrected chi connectivity index (χ0v) is 15.3. The van der Waals surface area contributed by atoms with Gasteiger partial charge in [0.25, 0.3) is 0 Å². The fraction of sp³-hybridized carbons (Fsp3) is 0. The second kappa shape index (κ2) is 6.82. The molecule has 0 aliphatic rings. The molecule has 0 saturated heterocycles. The van der Waals surface area contributed by atoms with Gasteiger partial charge >= 0.3 is 0 Å². The van der Waals surface area contributed by atoms with Gasteiger partial charge in [-0.15, -0.1) is 0 Å². The van der Waals surface area contributed by atoms with E-state index in [2.05, 4.69) is 27.0 Å². The van der Waals surface area contributed by atoms with Gasteiger partial charge < -0.3 is 5.73 Å². The van der Waals surface area contributed by atoms with Crippen molar-refractivity contribution in [2.24, 2.45) is 0 Å². The molecule has 3 nitrogen and oxygen atoms in total. The Morgan fingerprint density at radius 3 is 2.38 bits per heavy atom. The number of nitrogens with zero attached hydrogens (tertiary/aromatic N) is 2. The smallest absolute Gasteiger partial charge is 0.142 e. The summed E-state index contributed by atoms with van der Waals surface area (Å²) in [5.74, 6) is 0.156. The monoisotopic (exact) mass is 417 g/mol. The minimum Gasteiger partial charge on any atom is -0.383 e. The van der Waals surface area contributed by atoms with Crippen LogP contribution in [-0.2, 0) is 0 Å². The summed E-state index contributed by atoms with van der Waals surface area (Å²) in [4.78, 5) is 4.32. The lowest BCUT2D eigenvalue weighted by Crippen LogP contribution is -2.00. The highest BCUT2D eigenvalue weighted by Crippen LogP contribution is 2.35. The quantitative estimate of drug-likeness (QED) is 0.560. The van der Waals surface area contributed by atoms with E-state index < -0.39 is 0 Å². The molecule has 0 atom stereocenters. The second-order valence-corrected chi connectivity index (χ2v) is 6.82. The Bertz CT molecular complexity index is 963. The van der Waals surface area contributed by atoms with Crippen LogP contribution in [0, 0.1) is 11.3 Å². The first-order valence-electron chi connectivity index (χ1n) is 6.91. The zero-order chi connectivity index (χ0) is 17.3. The summed E-state index contributed by atoms with van der Waals surface area (Å²) in [6.45, 7) is 0. The van der Waals surface area contributed by atoms with Gasteiger partial charge in [0, 0.05) is 20.6 Å². The lowest BCUT2D eigenvalue weighted by atomic mass is 9.98. The Labute approximate surface area is 157 Å². The molecule has 1 aromatic heterocycles. The van der Waals surface area contributed by atoms with Gasteiger partial charge in [-0.1, -0.05) is 51.3 Å². The van der Waals surface area contributed by atoms with Crippen LogP contribution in [0.2, 0.25) is 10.0 Å². The van der Waals surface area contributed by atoms with Gasteiger partial charge in [-0.2, -0.15) is 5.26 Å². The summed E-state index contributed by atoms with van der Waals surface area (Å²) >= 11 is 15.7. The molecule has 0 bridgehead atoms. The number of benzene rings is 2. The highest BCUT2D eigenvalue weighted by atomic mass is 79.9. The number of halogens is 3. The van der Waals surface area contributed by atoms with Crippen molar-refractivity contribution in [1.29, 1.82) is 5.26 Å². The summed E-state index contributed by atoms with van der Waals surface area (Å²) in [5, 5.41) is 10.5. The van der Waals surface area contributed by atoms with Gasteiger partial charge in [-0.25, -0.2) is 4.98 Å². The van der Waals surface area contributed by atoms with Gasteiger partial charge in [0.1, 0.15) is 17.5 Å². The van der Waals surface area contributed by atoms with Gasteiger partial charge in [-0.3, -0.25) is 0 Å². The number of pyridine rings is 1. The number of nitriles is 1. The average molecular weight is 419 g/mol. The molecular formula is C18H10BrCl2N3. The molecule has 0 amide bonds. The van der Waals surface area contributed by atoms with Crippen LogP contribution in [0.4, 0.5) is 5.82 Å². The molecule has 118 valence electrons. The summed E-state index contributed by atoms with van der Waals surface area (Å²) in [6.07, 6.45) is 0. The van der Waals surface area contributed by atoms with Crippen molar-refractivity contribution in [3.63, 3.8) is 0 Å². The molecule has 0 aliphatic heterocycles. The largest absolute Gasteiger partial charge is 0.383 e. The first-order chi connectivity index (χ1) is 11.5. The third-order valence-corrected chi connectivity index (χ3v) is 4.61. The highest BCUT2D eigenvalue weighted by molar-refractivity contribution is 9.10. The molecule has 0 spiro atoms. The summed E-state index contributed by atoms with van der Waals surface area (Å²) in [7, 11) is 0. The Kier molecular flexibility index (Phi) is 4.77. The Morgan fingerprint density at radius 1 is 1.00 bits per heavy atom. The van der Waals surface area contributed by atoms with Crippen LogP contribution in [0.25, 0.3) is 22.4 Å². The highest BCUT2D eigenvalue weighted by Gasteiger charge is 2.15. The van der Waals surface area contributed by atoms with Gasteiger partial charge in [0.15, 0.2) is 0 Å². The third-order valence-electron chi connectivity index (χ3n) is 3.52. The van der Waals surface area contributed by atoms with Crippen molar-refractivity contribution in [2.75, 3.05) is 5.73 Å². The normalized spacial score (nSPS) is 10.4. The Morgan fingerprint density at radius 2 is 1.71 bits per heavy atom. The van der Waals surface area contributed by atoms with Crippen LogP contribution in [0.1, 0.15) is 5.56 Å². The van der Waals surface area contributed by atoms with E-state index in [4.69, 9.17) is 28.9 Å². The van der Waals surface area contributed by atoms with E-state index in [1.807, 2.05) is 24.3 Å². The SMILES string of the molecule is N#Cc1c(-c2ccc(Br)cc2)cc(-c2cc(Cl)ccc2Cl)nc1N. The number of hydrogen-bond acceptors (Lipinski definition) is 3. The maximum absolute atomic E-state index is 9.45. The summed E-state index contributed by atoms with van der Waals surface area (Å²) in [6, 6.07) is 16.7. The molecule has 24 heavy (non-hydrogen) atoms. The van der Waals surface area contributed by atoms with Crippen molar-refractivity contribution in [1.82, 2.24) is 4.98 Å². The molecule has 1 heterocycles. The van der Waals surface area contributed by atoms with Crippen LogP contribution >= 0.6 is 39.1 Å². The molecule has 6 heteroatoms. The Balaban J connectivity index is 2.26. The van der Waals surface area contributed by atoms with Crippen molar-refractivity contribution in [2.45, 2.75) is 0 Å². The third kappa shape index (κ3) is 3.25. The zero-order valence-electron chi connectivity index (χ0n) is 12.2. The number of nitrogen functional groups attached to an aromatic ring is 1. The number of rotatable bonds is 2. The van der Waals surface area contributed by atoms with Crippen molar-refractivity contribution in [3.05, 3.63) is 68.6 Å². The van der Waals surface area contributed by atoms with E-state index in [1.54, 1.807) is 24.3 Å². The van der Waals surface area contributed by atoms with Crippen molar-refractivity contribution >= 4 is 44.9 Å². The summed E-state index contributed by atoms with van der Waals surface area (Å²) < 4.78 is 0.949. The van der Waals surface area contributed by atoms with Crippen LogP contribution in [0.15, 0.2) is 53.0 Å². The van der Waals surface area contributed by atoms with Gasteiger partial charge in [0.05, 0.1) is 10.7 Å². The van der Waals surface area contributed by atoms with Crippen LogP contribution < -0.4 is 5.73 Å². The van der Waals surface area contributed by atoms with Crippen LogP contribution in [0.3, 0.4) is 0 Å². The van der Waals surface area contributed by atoms with Gasteiger partial charge in [-0.05, 0) is 42.0 Å². The first-order valence-corrected chi connectivity index (χ1v) is 8.46. The van der Waals surface area contributed by atoms with Crippen LogP contribution in [-0.4, -0.2) is 4.98 Å². The number of anilines is 1. The predicted octanol–water partition coefficient (Wildman–Crippen LogP) is 5.94. The van der Waals surface area contributed by atoms with E-state index in [-0.39, 0.29) is 5.82 Å². The summed E-state index contributed by atoms with van der Waals surface area (Å²) in [5.41, 5.74) is 9.13. The van der Waals surface area contributed by atoms with E-state index in [0.717, 1.165) is 10.0 Å². The molecule has 2 aromatic carbocycles. The molecule has 0 radical (unpaired) electrons. The van der Waals surface area contributed by atoms with E-state index >= 15 is 0 Å². The molecule has 0 saturated carbocycles. The average Bonchev–Trinajstić information content (AvgIpc) is 2.57.